The Balaban J connectivity index is 1.77. The van der Waals surface area contributed by atoms with Crippen LogP contribution in [0, 0.1) is 0 Å². The predicted molar refractivity (Wildman–Crippen MR) is 70.5 cm³/mol. The van der Waals surface area contributed by atoms with Crippen molar-refractivity contribution in [2.75, 3.05) is 13.2 Å². The highest BCUT2D eigenvalue weighted by molar-refractivity contribution is 5.37. The summed E-state index contributed by atoms with van der Waals surface area (Å²) >= 11 is 0. The molecule has 3 rings (SSSR count). The molecule has 0 amide bonds. The summed E-state index contributed by atoms with van der Waals surface area (Å²) in [4.78, 5) is 0. The molecule has 3 heteroatoms. The van der Waals surface area contributed by atoms with Crippen LogP contribution in [-0.4, -0.2) is 25.0 Å². The SMILES string of the molecule is CC1(C)OCC(Cc2cccc3c2CCNC3)O1. The Kier molecular flexibility index (Phi) is 3.14. The van der Waals surface area contributed by atoms with Crippen LogP contribution < -0.4 is 5.32 Å². The van der Waals surface area contributed by atoms with E-state index >= 15 is 0 Å². The molecule has 0 saturated carbocycles. The summed E-state index contributed by atoms with van der Waals surface area (Å²) in [5, 5.41) is 3.42. The molecule has 2 aliphatic rings. The third-order valence-electron chi connectivity index (χ3n) is 3.75. The van der Waals surface area contributed by atoms with Gasteiger partial charge in [0.1, 0.15) is 0 Å². The Morgan fingerprint density at radius 3 is 3.06 bits per heavy atom. The van der Waals surface area contributed by atoms with Gasteiger partial charge in [0.2, 0.25) is 0 Å². The number of rotatable bonds is 2. The van der Waals surface area contributed by atoms with Crippen molar-refractivity contribution in [3.05, 3.63) is 34.9 Å². The molecule has 0 radical (unpaired) electrons. The molecule has 0 bridgehead atoms. The van der Waals surface area contributed by atoms with Crippen molar-refractivity contribution in [3.63, 3.8) is 0 Å². The Morgan fingerprint density at radius 2 is 2.28 bits per heavy atom. The second kappa shape index (κ2) is 4.65. The van der Waals surface area contributed by atoms with Gasteiger partial charge in [-0.3, -0.25) is 0 Å². The van der Waals surface area contributed by atoms with E-state index in [1.54, 1.807) is 0 Å². The van der Waals surface area contributed by atoms with E-state index in [0.29, 0.717) is 6.61 Å². The van der Waals surface area contributed by atoms with Crippen molar-refractivity contribution < 1.29 is 9.47 Å². The molecule has 1 unspecified atom stereocenters. The summed E-state index contributed by atoms with van der Waals surface area (Å²) in [7, 11) is 0. The highest BCUT2D eigenvalue weighted by atomic mass is 16.7. The molecule has 0 spiro atoms. The van der Waals surface area contributed by atoms with Gasteiger partial charge in [-0.1, -0.05) is 18.2 Å². The standard InChI is InChI=1S/C15H21NO2/c1-15(2)17-10-13(18-15)8-11-4-3-5-12-9-16-7-6-14(11)12/h3-5,13,16H,6-10H2,1-2H3. The largest absolute Gasteiger partial charge is 0.348 e. The van der Waals surface area contributed by atoms with E-state index in [9.17, 15) is 0 Å². The zero-order valence-corrected chi connectivity index (χ0v) is 11.2. The van der Waals surface area contributed by atoms with E-state index < -0.39 is 5.79 Å². The van der Waals surface area contributed by atoms with Gasteiger partial charge in [0.05, 0.1) is 12.7 Å². The summed E-state index contributed by atoms with van der Waals surface area (Å²) in [6.07, 6.45) is 2.29. The van der Waals surface area contributed by atoms with Crippen LogP contribution in [0.5, 0.6) is 0 Å². The number of hydrogen-bond acceptors (Lipinski definition) is 3. The summed E-state index contributed by atoms with van der Waals surface area (Å²) in [6, 6.07) is 6.61. The molecule has 18 heavy (non-hydrogen) atoms. The van der Waals surface area contributed by atoms with Crippen molar-refractivity contribution in [2.24, 2.45) is 0 Å². The predicted octanol–water partition coefficient (Wildman–Crippen LogP) is 2.03. The Hall–Kier alpha value is -0.900. The quantitative estimate of drug-likeness (QED) is 0.867. The number of ether oxygens (including phenoxy) is 2. The van der Waals surface area contributed by atoms with Crippen LogP contribution in [0.1, 0.15) is 30.5 Å². The monoisotopic (exact) mass is 247 g/mol. The summed E-state index contributed by atoms with van der Waals surface area (Å²) in [5.41, 5.74) is 4.39. The summed E-state index contributed by atoms with van der Waals surface area (Å²) in [5.74, 6) is -0.416. The Morgan fingerprint density at radius 1 is 1.39 bits per heavy atom. The number of benzene rings is 1. The van der Waals surface area contributed by atoms with Crippen molar-refractivity contribution in [1.82, 2.24) is 5.32 Å². The van der Waals surface area contributed by atoms with Crippen molar-refractivity contribution in [3.8, 4) is 0 Å². The first-order valence-electron chi connectivity index (χ1n) is 6.76. The van der Waals surface area contributed by atoms with Gasteiger partial charge in [0.15, 0.2) is 5.79 Å². The molecule has 1 N–H and O–H groups in total. The third-order valence-corrected chi connectivity index (χ3v) is 3.75. The molecule has 1 saturated heterocycles. The van der Waals surface area contributed by atoms with Crippen LogP contribution in [0.2, 0.25) is 0 Å². The maximum Gasteiger partial charge on any atom is 0.163 e. The van der Waals surface area contributed by atoms with Gasteiger partial charge in [-0.15, -0.1) is 0 Å². The fourth-order valence-corrected chi connectivity index (χ4v) is 2.91. The average molecular weight is 247 g/mol. The van der Waals surface area contributed by atoms with E-state index in [2.05, 4.69) is 23.5 Å². The molecule has 3 nitrogen and oxygen atoms in total. The molecule has 2 aliphatic heterocycles. The highest BCUT2D eigenvalue weighted by Gasteiger charge is 2.33. The Bertz CT molecular complexity index is 442. The molecular formula is C15H21NO2. The second-order valence-electron chi connectivity index (χ2n) is 5.64. The van der Waals surface area contributed by atoms with Gasteiger partial charge in [-0.05, 0) is 43.5 Å². The molecule has 1 fully saturated rings. The zero-order chi connectivity index (χ0) is 12.6. The number of hydrogen-bond donors (Lipinski definition) is 1. The van der Waals surface area contributed by atoms with Crippen molar-refractivity contribution in [2.45, 2.75) is 45.1 Å². The molecule has 1 atom stereocenters. The Labute approximate surface area is 108 Å². The smallest absolute Gasteiger partial charge is 0.163 e. The molecule has 2 heterocycles. The van der Waals surface area contributed by atoms with Crippen LogP contribution in [0.25, 0.3) is 0 Å². The van der Waals surface area contributed by atoms with Crippen LogP contribution in [0.4, 0.5) is 0 Å². The van der Waals surface area contributed by atoms with Gasteiger partial charge in [-0.2, -0.15) is 0 Å². The van der Waals surface area contributed by atoms with Crippen LogP contribution in [0.15, 0.2) is 18.2 Å². The van der Waals surface area contributed by atoms with Crippen LogP contribution >= 0.6 is 0 Å². The number of nitrogens with one attached hydrogen (secondary N) is 1. The van der Waals surface area contributed by atoms with Crippen molar-refractivity contribution in [1.29, 1.82) is 0 Å². The van der Waals surface area contributed by atoms with Gasteiger partial charge in [0.25, 0.3) is 0 Å². The normalized spacial score (nSPS) is 26.0. The summed E-state index contributed by atoms with van der Waals surface area (Å²) < 4.78 is 11.5. The molecule has 98 valence electrons. The first-order chi connectivity index (χ1) is 8.64. The number of fused-ring (bicyclic) bond motifs is 1. The van der Waals surface area contributed by atoms with Gasteiger partial charge < -0.3 is 14.8 Å². The lowest BCUT2D eigenvalue weighted by Crippen LogP contribution is -2.26. The van der Waals surface area contributed by atoms with Crippen LogP contribution in [0.3, 0.4) is 0 Å². The first-order valence-corrected chi connectivity index (χ1v) is 6.76. The minimum atomic E-state index is -0.416. The lowest BCUT2D eigenvalue weighted by atomic mass is 9.92. The minimum absolute atomic E-state index is 0.196. The minimum Gasteiger partial charge on any atom is -0.348 e. The van der Waals surface area contributed by atoms with Gasteiger partial charge in [-0.25, -0.2) is 0 Å². The highest BCUT2D eigenvalue weighted by Crippen LogP contribution is 2.27. The molecule has 0 aromatic heterocycles. The molecule has 0 aliphatic carbocycles. The maximum atomic E-state index is 5.91. The lowest BCUT2D eigenvalue weighted by Gasteiger charge is -2.22. The van der Waals surface area contributed by atoms with Crippen LogP contribution in [-0.2, 0) is 28.9 Å². The fraction of sp³-hybridized carbons (Fsp3) is 0.600. The van der Waals surface area contributed by atoms with E-state index in [-0.39, 0.29) is 6.10 Å². The molecule has 1 aromatic rings. The second-order valence-corrected chi connectivity index (χ2v) is 5.64. The van der Waals surface area contributed by atoms with Gasteiger partial charge >= 0.3 is 0 Å². The average Bonchev–Trinajstić information content (AvgIpc) is 2.69. The van der Waals surface area contributed by atoms with Gasteiger partial charge in [0, 0.05) is 13.0 Å². The lowest BCUT2D eigenvalue weighted by molar-refractivity contribution is -0.138. The summed E-state index contributed by atoms with van der Waals surface area (Å²) in [6.45, 7) is 6.75. The van der Waals surface area contributed by atoms with E-state index in [1.807, 2.05) is 13.8 Å². The topological polar surface area (TPSA) is 30.5 Å². The molecule has 1 aromatic carbocycles. The van der Waals surface area contributed by atoms with E-state index in [4.69, 9.17) is 9.47 Å². The fourth-order valence-electron chi connectivity index (χ4n) is 2.91. The van der Waals surface area contributed by atoms with E-state index in [0.717, 1.165) is 25.9 Å². The zero-order valence-electron chi connectivity index (χ0n) is 11.2. The molecular weight excluding hydrogens is 226 g/mol. The first kappa shape index (κ1) is 12.2. The maximum absolute atomic E-state index is 5.91. The third kappa shape index (κ3) is 2.44. The van der Waals surface area contributed by atoms with E-state index in [1.165, 1.54) is 16.7 Å². The van der Waals surface area contributed by atoms with Crippen molar-refractivity contribution >= 4 is 0 Å².